The molecule has 2 fully saturated rings. The van der Waals surface area contributed by atoms with Crippen molar-refractivity contribution in [3.8, 4) is 0 Å². The number of hydrogen-bond donors (Lipinski definition) is 0. The number of methoxy groups -OCH3 is 1. The van der Waals surface area contributed by atoms with Gasteiger partial charge in [-0.3, -0.25) is 0 Å². The Kier molecular flexibility index (Phi) is 4.96. The quantitative estimate of drug-likeness (QED) is 0.442. The van der Waals surface area contributed by atoms with Crippen molar-refractivity contribution < 1.29 is 4.74 Å². The van der Waals surface area contributed by atoms with Crippen LogP contribution in [0.25, 0.3) is 11.2 Å². The summed E-state index contributed by atoms with van der Waals surface area (Å²) in [5, 5.41) is 0.827. The predicted octanol–water partition coefficient (Wildman–Crippen LogP) is 1.56. The third-order valence-electron chi connectivity index (χ3n) is 5.83. The Labute approximate surface area is 173 Å². The van der Waals surface area contributed by atoms with Crippen molar-refractivity contribution in [3.05, 3.63) is 24.9 Å². The Hall–Kier alpha value is -2.46. The summed E-state index contributed by atoms with van der Waals surface area (Å²) in [4.78, 5) is 27.4. The van der Waals surface area contributed by atoms with Crippen LogP contribution in [-0.4, -0.2) is 75.6 Å². The van der Waals surface area contributed by atoms with Crippen LogP contribution in [-0.2, 0) is 11.3 Å². The van der Waals surface area contributed by atoms with Crippen LogP contribution in [0.4, 0.5) is 11.6 Å². The second-order valence-corrected chi connectivity index (χ2v) is 8.31. The number of fused-ring (bicyclic) bond motifs is 2. The van der Waals surface area contributed by atoms with Crippen LogP contribution in [0.15, 0.2) is 30.1 Å². The zero-order chi connectivity index (χ0) is 19.8. The molecule has 0 bridgehead atoms. The minimum Gasteiger partial charge on any atom is -0.383 e. The summed E-state index contributed by atoms with van der Waals surface area (Å²) in [6, 6.07) is 2.01. The van der Waals surface area contributed by atoms with Gasteiger partial charge in [-0.05, 0) is 12.3 Å². The number of thioether (sulfide) groups is 1. The molecule has 2 atom stereocenters. The van der Waals surface area contributed by atoms with E-state index in [1.165, 1.54) is 0 Å². The highest BCUT2D eigenvalue weighted by Gasteiger charge is 2.41. The van der Waals surface area contributed by atoms with Crippen molar-refractivity contribution in [1.82, 2.24) is 29.5 Å². The second kappa shape index (κ2) is 7.75. The summed E-state index contributed by atoms with van der Waals surface area (Å²) >= 11 is 1.58. The highest BCUT2D eigenvalue weighted by atomic mass is 32.2. The van der Waals surface area contributed by atoms with Crippen LogP contribution in [0.1, 0.15) is 0 Å². The maximum Gasteiger partial charge on any atom is 0.189 e. The van der Waals surface area contributed by atoms with E-state index >= 15 is 0 Å². The van der Waals surface area contributed by atoms with Gasteiger partial charge in [0.25, 0.3) is 0 Å². The van der Waals surface area contributed by atoms with E-state index in [0.717, 1.165) is 60.7 Å². The molecule has 0 N–H and O–H groups in total. The van der Waals surface area contributed by atoms with Crippen LogP contribution >= 0.6 is 11.8 Å². The summed E-state index contributed by atoms with van der Waals surface area (Å²) in [6.45, 7) is 5.37. The van der Waals surface area contributed by atoms with Crippen molar-refractivity contribution in [2.75, 3.05) is 56.0 Å². The van der Waals surface area contributed by atoms with Gasteiger partial charge < -0.3 is 19.1 Å². The summed E-state index contributed by atoms with van der Waals surface area (Å²) in [7, 11) is 1.70. The minimum absolute atomic E-state index is 0.600. The Morgan fingerprint density at radius 3 is 2.62 bits per heavy atom. The first-order valence-electron chi connectivity index (χ1n) is 9.78. The summed E-state index contributed by atoms with van der Waals surface area (Å²) < 4.78 is 7.22. The highest BCUT2D eigenvalue weighted by Crippen LogP contribution is 2.36. The predicted molar refractivity (Wildman–Crippen MR) is 112 cm³/mol. The minimum atomic E-state index is 0.600. The number of anilines is 2. The van der Waals surface area contributed by atoms with Crippen molar-refractivity contribution >= 4 is 34.6 Å². The third kappa shape index (κ3) is 3.40. The van der Waals surface area contributed by atoms with E-state index in [2.05, 4.69) is 34.7 Å². The molecule has 9 nitrogen and oxygen atoms in total. The molecule has 5 heterocycles. The fourth-order valence-corrected chi connectivity index (χ4v) is 4.76. The lowest BCUT2D eigenvalue weighted by Gasteiger charge is -2.23. The lowest BCUT2D eigenvalue weighted by atomic mass is 10.0. The van der Waals surface area contributed by atoms with E-state index in [4.69, 9.17) is 4.74 Å². The SMILES string of the molecule is COCCn1cnc2c(N3CC4CN(c5ccnc(SC)n5)CC4C3)ncnc21. The van der Waals surface area contributed by atoms with Crippen molar-refractivity contribution in [2.24, 2.45) is 11.8 Å². The fraction of sp³-hybridized carbons (Fsp3) is 0.526. The maximum absolute atomic E-state index is 5.19. The summed E-state index contributed by atoms with van der Waals surface area (Å²) in [6.07, 6.45) is 7.34. The van der Waals surface area contributed by atoms with Crippen LogP contribution in [0.2, 0.25) is 0 Å². The van der Waals surface area contributed by atoms with Gasteiger partial charge in [0, 0.05) is 57.9 Å². The van der Waals surface area contributed by atoms with Gasteiger partial charge in [0.2, 0.25) is 0 Å². The number of hydrogen-bond acceptors (Lipinski definition) is 9. The molecule has 0 radical (unpaired) electrons. The average Bonchev–Trinajstić information content (AvgIpc) is 3.45. The normalized spacial score (nSPS) is 21.3. The van der Waals surface area contributed by atoms with Crippen molar-refractivity contribution in [1.29, 1.82) is 0 Å². The number of rotatable bonds is 6. The summed E-state index contributed by atoms with van der Waals surface area (Å²) in [5.41, 5.74) is 1.75. The zero-order valence-electron chi connectivity index (χ0n) is 16.6. The van der Waals surface area contributed by atoms with E-state index < -0.39 is 0 Å². The maximum atomic E-state index is 5.19. The molecule has 0 spiro atoms. The van der Waals surface area contributed by atoms with Gasteiger partial charge in [-0.1, -0.05) is 11.8 Å². The standard InChI is InChI=1S/C19H24N8OS/c1-28-6-5-25-12-23-16-17(25)21-11-22-18(16)27-9-13-7-26(8-14(13)10-27)15-3-4-20-19(24-15)29-2/h3-4,11-14H,5-10H2,1-2H3. The molecule has 5 rings (SSSR count). The van der Waals surface area contributed by atoms with E-state index in [1.54, 1.807) is 25.2 Å². The van der Waals surface area contributed by atoms with Crippen molar-refractivity contribution in [3.63, 3.8) is 0 Å². The van der Waals surface area contributed by atoms with Gasteiger partial charge in [0.15, 0.2) is 22.1 Å². The topological polar surface area (TPSA) is 85.1 Å². The highest BCUT2D eigenvalue weighted by molar-refractivity contribution is 7.98. The Bertz CT molecular complexity index is 997. The molecule has 2 unspecified atom stereocenters. The molecule has 0 amide bonds. The molecule has 152 valence electrons. The molecule has 10 heteroatoms. The van der Waals surface area contributed by atoms with Gasteiger partial charge in [-0.15, -0.1) is 0 Å². The average molecular weight is 413 g/mol. The number of ether oxygens (including phenoxy) is 1. The Morgan fingerprint density at radius 1 is 1.07 bits per heavy atom. The van der Waals surface area contributed by atoms with Crippen LogP contribution in [0, 0.1) is 11.8 Å². The van der Waals surface area contributed by atoms with E-state index in [9.17, 15) is 0 Å². The molecule has 0 aliphatic carbocycles. The Morgan fingerprint density at radius 2 is 1.86 bits per heavy atom. The molecule has 2 aliphatic rings. The van der Waals surface area contributed by atoms with E-state index in [-0.39, 0.29) is 0 Å². The van der Waals surface area contributed by atoms with Crippen LogP contribution < -0.4 is 9.80 Å². The van der Waals surface area contributed by atoms with E-state index in [0.29, 0.717) is 18.4 Å². The Balaban J connectivity index is 1.32. The van der Waals surface area contributed by atoms with Gasteiger partial charge in [-0.25, -0.2) is 24.9 Å². The number of imidazole rings is 1. The monoisotopic (exact) mass is 412 g/mol. The summed E-state index contributed by atoms with van der Waals surface area (Å²) in [5.74, 6) is 3.18. The second-order valence-electron chi connectivity index (χ2n) is 7.53. The molecule has 0 saturated carbocycles. The van der Waals surface area contributed by atoms with Gasteiger partial charge >= 0.3 is 0 Å². The molecule has 0 aromatic carbocycles. The molecule has 29 heavy (non-hydrogen) atoms. The van der Waals surface area contributed by atoms with Crippen LogP contribution in [0.5, 0.6) is 0 Å². The lowest BCUT2D eigenvalue weighted by molar-refractivity contribution is 0.188. The first kappa shape index (κ1) is 18.6. The fourth-order valence-electron chi connectivity index (χ4n) is 4.41. The smallest absolute Gasteiger partial charge is 0.189 e. The molecule has 2 aliphatic heterocycles. The number of aromatic nitrogens is 6. The van der Waals surface area contributed by atoms with E-state index in [1.807, 2.05) is 29.4 Å². The number of nitrogens with zero attached hydrogens (tertiary/aromatic N) is 8. The first-order valence-corrected chi connectivity index (χ1v) is 11.0. The first-order chi connectivity index (χ1) is 14.3. The van der Waals surface area contributed by atoms with Gasteiger partial charge in [0.1, 0.15) is 12.1 Å². The molecule has 3 aromatic heterocycles. The van der Waals surface area contributed by atoms with Crippen molar-refractivity contribution in [2.45, 2.75) is 11.7 Å². The van der Waals surface area contributed by atoms with Gasteiger partial charge in [-0.2, -0.15) is 0 Å². The lowest BCUT2D eigenvalue weighted by Crippen LogP contribution is -2.30. The third-order valence-corrected chi connectivity index (χ3v) is 6.39. The zero-order valence-corrected chi connectivity index (χ0v) is 17.4. The largest absolute Gasteiger partial charge is 0.383 e. The molecule has 3 aromatic rings. The molecular formula is C19H24N8OS. The van der Waals surface area contributed by atoms with Crippen LogP contribution in [0.3, 0.4) is 0 Å². The van der Waals surface area contributed by atoms with Gasteiger partial charge in [0.05, 0.1) is 12.9 Å². The molecule has 2 saturated heterocycles. The molecular weight excluding hydrogens is 388 g/mol.